The van der Waals surface area contributed by atoms with Gasteiger partial charge in [-0.2, -0.15) is 26.3 Å². The van der Waals surface area contributed by atoms with Crippen LogP contribution < -0.4 is 5.63 Å². The van der Waals surface area contributed by atoms with Gasteiger partial charge >= 0.3 is 18.0 Å². The zero-order valence-corrected chi connectivity index (χ0v) is 8.89. The van der Waals surface area contributed by atoms with Crippen LogP contribution in [-0.2, 0) is 12.4 Å². The average molecular weight is 282 g/mol. The van der Waals surface area contributed by atoms with Crippen molar-refractivity contribution in [2.24, 2.45) is 0 Å². The maximum Gasteiger partial charge on any atom is 0.424 e. The Balaban J connectivity index is 3.04. The molecule has 2 aromatic rings. The van der Waals surface area contributed by atoms with E-state index in [0.29, 0.717) is 0 Å². The van der Waals surface area contributed by atoms with Crippen LogP contribution in [0.25, 0.3) is 11.0 Å². The molecule has 1 heterocycles. The third kappa shape index (κ3) is 2.29. The van der Waals surface area contributed by atoms with Crippen LogP contribution in [0.4, 0.5) is 26.3 Å². The summed E-state index contributed by atoms with van der Waals surface area (Å²) in [7, 11) is 0. The van der Waals surface area contributed by atoms with Crippen LogP contribution in [0.5, 0.6) is 0 Å². The van der Waals surface area contributed by atoms with Gasteiger partial charge in [0, 0.05) is 5.39 Å². The summed E-state index contributed by atoms with van der Waals surface area (Å²) in [5.74, 6) is 0. The molecule has 0 aliphatic heterocycles. The Bertz CT molecular complexity index is 680. The van der Waals surface area contributed by atoms with Gasteiger partial charge in [0.05, 0.1) is 5.56 Å². The largest absolute Gasteiger partial charge is 0.424 e. The quantitative estimate of drug-likeness (QED) is 0.543. The van der Waals surface area contributed by atoms with Crippen molar-refractivity contribution in [3.05, 3.63) is 45.8 Å². The molecule has 0 aliphatic rings. The number of benzene rings is 1. The lowest BCUT2D eigenvalue weighted by Crippen LogP contribution is -2.25. The van der Waals surface area contributed by atoms with Crippen molar-refractivity contribution in [3.63, 3.8) is 0 Å². The highest BCUT2D eigenvalue weighted by atomic mass is 19.4. The van der Waals surface area contributed by atoms with Crippen LogP contribution in [-0.4, -0.2) is 0 Å². The van der Waals surface area contributed by atoms with Crippen LogP contribution >= 0.6 is 0 Å². The summed E-state index contributed by atoms with van der Waals surface area (Å²) >= 11 is 0. The molecule has 0 N–H and O–H groups in total. The predicted molar refractivity (Wildman–Crippen MR) is 52.5 cm³/mol. The minimum atomic E-state index is -5.45. The summed E-state index contributed by atoms with van der Waals surface area (Å²) in [5, 5.41) is -0.804. The van der Waals surface area contributed by atoms with Gasteiger partial charge in [-0.25, -0.2) is 4.79 Å². The molecule has 8 heteroatoms. The Morgan fingerprint density at radius 1 is 0.842 bits per heavy atom. The second-order valence-corrected chi connectivity index (χ2v) is 3.63. The molecule has 0 aliphatic carbocycles. The molecule has 2 nitrogen and oxygen atoms in total. The van der Waals surface area contributed by atoms with E-state index in [0.717, 1.165) is 18.2 Å². The second-order valence-electron chi connectivity index (χ2n) is 3.63. The molecule has 0 saturated carbocycles. The van der Waals surface area contributed by atoms with E-state index in [9.17, 15) is 31.1 Å². The summed E-state index contributed by atoms with van der Waals surface area (Å²) in [5.41, 5.74) is -6.96. The number of fused-ring (bicyclic) bond motifs is 1. The van der Waals surface area contributed by atoms with E-state index in [2.05, 4.69) is 4.42 Å². The third-order valence-electron chi connectivity index (χ3n) is 2.38. The van der Waals surface area contributed by atoms with Gasteiger partial charge in [-0.3, -0.25) is 0 Å². The average Bonchev–Trinajstić information content (AvgIpc) is 2.24. The Morgan fingerprint density at radius 2 is 1.37 bits per heavy atom. The Kier molecular flexibility index (Phi) is 2.83. The van der Waals surface area contributed by atoms with E-state index < -0.39 is 40.1 Å². The number of rotatable bonds is 0. The molecule has 19 heavy (non-hydrogen) atoms. The highest BCUT2D eigenvalue weighted by molar-refractivity contribution is 5.82. The van der Waals surface area contributed by atoms with Gasteiger partial charge < -0.3 is 4.42 Å². The van der Waals surface area contributed by atoms with E-state index in [4.69, 9.17) is 0 Å². The fourth-order valence-corrected chi connectivity index (χ4v) is 1.70. The van der Waals surface area contributed by atoms with Crippen LogP contribution in [0.1, 0.15) is 11.1 Å². The second kappa shape index (κ2) is 4.01. The molecule has 2 rings (SSSR count). The lowest BCUT2D eigenvalue weighted by Gasteiger charge is -2.15. The first-order valence-corrected chi connectivity index (χ1v) is 4.82. The number of halogens is 6. The molecule has 0 amide bonds. The van der Waals surface area contributed by atoms with Gasteiger partial charge in [0.1, 0.15) is 5.58 Å². The maximum absolute atomic E-state index is 12.8. The van der Waals surface area contributed by atoms with Crippen molar-refractivity contribution in [2.75, 3.05) is 0 Å². The predicted octanol–water partition coefficient (Wildman–Crippen LogP) is 3.83. The molecule has 0 radical (unpaired) electrons. The molecular formula is C11H4F6O2. The third-order valence-corrected chi connectivity index (χ3v) is 2.38. The SMILES string of the molecule is O=c1oc2ccccc2c(C(F)(F)F)c1C(F)(F)F. The van der Waals surface area contributed by atoms with Gasteiger partial charge in [-0.1, -0.05) is 18.2 Å². The van der Waals surface area contributed by atoms with Crippen LogP contribution in [0.3, 0.4) is 0 Å². The molecule has 1 aromatic heterocycles. The molecule has 0 spiro atoms. The molecular weight excluding hydrogens is 278 g/mol. The highest BCUT2D eigenvalue weighted by Crippen LogP contribution is 2.41. The molecule has 102 valence electrons. The lowest BCUT2D eigenvalue weighted by atomic mass is 10.0. The fourth-order valence-electron chi connectivity index (χ4n) is 1.70. The smallest absolute Gasteiger partial charge is 0.422 e. The first-order valence-electron chi connectivity index (χ1n) is 4.82. The summed E-state index contributed by atoms with van der Waals surface area (Å²) in [6.07, 6.45) is -10.8. The minimum absolute atomic E-state index is 0.548. The summed E-state index contributed by atoms with van der Waals surface area (Å²) in [6, 6.07) is 4.18. The monoisotopic (exact) mass is 282 g/mol. The van der Waals surface area contributed by atoms with Gasteiger partial charge in [-0.15, -0.1) is 0 Å². The van der Waals surface area contributed by atoms with Crippen molar-refractivity contribution < 1.29 is 30.8 Å². The molecule has 0 fully saturated rings. The van der Waals surface area contributed by atoms with Gasteiger partial charge in [-0.05, 0) is 6.07 Å². The van der Waals surface area contributed by atoms with E-state index in [-0.39, 0.29) is 0 Å². The van der Waals surface area contributed by atoms with Crippen LogP contribution in [0.15, 0.2) is 33.5 Å². The Morgan fingerprint density at radius 3 is 1.89 bits per heavy atom. The number of hydrogen-bond donors (Lipinski definition) is 0. The lowest BCUT2D eigenvalue weighted by molar-refractivity contribution is -0.162. The summed E-state index contributed by atoms with van der Waals surface area (Å²) in [6.45, 7) is 0. The molecule has 1 aromatic carbocycles. The molecule has 0 unspecified atom stereocenters. The number of para-hydroxylation sites is 1. The minimum Gasteiger partial charge on any atom is -0.422 e. The highest BCUT2D eigenvalue weighted by Gasteiger charge is 2.47. The molecule has 0 saturated heterocycles. The number of alkyl halides is 6. The van der Waals surface area contributed by atoms with E-state index in [1.165, 1.54) is 6.07 Å². The first-order chi connectivity index (χ1) is 8.62. The zero-order chi connectivity index (χ0) is 14.4. The van der Waals surface area contributed by atoms with Crippen LogP contribution in [0, 0.1) is 0 Å². The summed E-state index contributed by atoms with van der Waals surface area (Å²) < 4.78 is 80.5. The molecule has 0 atom stereocenters. The van der Waals surface area contributed by atoms with Crippen molar-refractivity contribution >= 4 is 11.0 Å². The first kappa shape index (κ1) is 13.4. The Labute approximate surface area is 101 Å². The van der Waals surface area contributed by atoms with Crippen molar-refractivity contribution in [1.29, 1.82) is 0 Å². The van der Waals surface area contributed by atoms with Crippen molar-refractivity contribution in [1.82, 2.24) is 0 Å². The van der Waals surface area contributed by atoms with Gasteiger partial charge in [0.25, 0.3) is 0 Å². The van der Waals surface area contributed by atoms with Crippen molar-refractivity contribution in [3.8, 4) is 0 Å². The van der Waals surface area contributed by atoms with E-state index in [1.807, 2.05) is 0 Å². The Hall–Kier alpha value is -1.99. The molecule has 0 bridgehead atoms. The summed E-state index contributed by atoms with van der Waals surface area (Å²) in [4.78, 5) is 11.2. The van der Waals surface area contributed by atoms with Gasteiger partial charge in [0.2, 0.25) is 0 Å². The number of hydrogen-bond acceptors (Lipinski definition) is 2. The van der Waals surface area contributed by atoms with Crippen molar-refractivity contribution in [2.45, 2.75) is 12.4 Å². The zero-order valence-electron chi connectivity index (χ0n) is 8.89. The topological polar surface area (TPSA) is 30.2 Å². The van der Waals surface area contributed by atoms with Crippen LogP contribution in [0.2, 0.25) is 0 Å². The van der Waals surface area contributed by atoms with E-state index in [1.54, 1.807) is 0 Å². The normalized spacial score (nSPS) is 12.9. The maximum atomic E-state index is 12.8. The standard InChI is InChI=1S/C11H4F6O2/c12-10(13,14)7-5-3-1-2-4-6(5)19-9(18)8(7)11(15,16)17/h1-4H. The van der Waals surface area contributed by atoms with Gasteiger partial charge in [0.15, 0.2) is 5.56 Å². The van der Waals surface area contributed by atoms with E-state index >= 15 is 0 Å². The fraction of sp³-hybridized carbons (Fsp3) is 0.182.